The van der Waals surface area contributed by atoms with Crippen molar-refractivity contribution in [1.82, 2.24) is 5.32 Å². The highest BCUT2D eigenvalue weighted by Crippen LogP contribution is 2.32. The zero-order valence-electron chi connectivity index (χ0n) is 18.2. The van der Waals surface area contributed by atoms with Crippen LogP contribution in [-0.2, 0) is 0 Å². The Morgan fingerprint density at radius 3 is 1.71 bits per heavy atom. The summed E-state index contributed by atoms with van der Waals surface area (Å²) in [5.74, 6) is -2.99. The Bertz CT molecular complexity index is 1280. The van der Waals surface area contributed by atoms with Gasteiger partial charge in [0.25, 0.3) is 11.8 Å². The number of hydrogen-bond donors (Lipinski definition) is 6. The number of carbonyl (C=O) groups excluding carboxylic acids is 2. The lowest BCUT2D eigenvalue weighted by atomic mass is 9.91. The van der Waals surface area contributed by atoms with Crippen molar-refractivity contribution >= 4 is 34.4 Å². The van der Waals surface area contributed by atoms with Gasteiger partial charge in [0, 0.05) is 34.6 Å². The largest absolute Gasteiger partial charge is 0.399 e. The molecule has 0 saturated heterocycles. The molecule has 0 aliphatic heterocycles. The molecule has 0 saturated carbocycles. The Labute approximate surface area is 196 Å². The molecule has 0 fully saturated rings. The molecule has 0 heterocycles. The van der Waals surface area contributed by atoms with Gasteiger partial charge in [0.2, 0.25) is 5.79 Å². The van der Waals surface area contributed by atoms with Crippen molar-refractivity contribution in [3.8, 4) is 0 Å². The fraction of sp³-hybridized carbons (Fsp3) is 0.0769. The number of aliphatic hydroxyl groups is 2. The molecule has 3 aromatic carbocycles. The van der Waals surface area contributed by atoms with Gasteiger partial charge in [-0.3, -0.25) is 9.59 Å². The molecule has 8 N–H and O–H groups in total. The van der Waals surface area contributed by atoms with Crippen molar-refractivity contribution in [2.75, 3.05) is 16.8 Å². The third-order valence-corrected chi connectivity index (χ3v) is 5.43. The summed E-state index contributed by atoms with van der Waals surface area (Å²) in [7, 11) is 0. The van der Waals surface area contributed by atoms with E-state index in [2.05, 4.69) is 10.6 Å². The quantitative estimate of drug-likeness (QED) is 0.257. The zero-order valence-corrected chi connectivity index (χ0v) is 18.2. The molecule has 0 bridgehead atoms. The highest BCUT2D eigenvalue weighted by molar-refractivity contribution is 6.04. The first-order valence-corrected chi connectivity index (χ1v) is 10.5. The van der Waals surface area contributed by atoms with E-state index in [1.807, 2.05) is 0 Å². The highest BCUT2D eigenvalue weighted by Gasteiger charge is 2.34. The van der Waals surface area contributed by atoms with Crippen molar-refractivity contribution in [1.29, 1.82) is 0 Å². The first kappa shape index (κ1) is 22.8. The van der Waals surface area contributed by atoms with Crippen LogP contribution in [0.25, 0.3) is 5.57 Å². The molecule has 0 aromatic heterocycles. The fourth-order valence-corrected chi connectivity index (χ4v) is 3.51. The van der Waals surface area contributed by atoms with E-state index >= 15 is 0 Å². The van der Waals surface area contributed by atoms with E-state index in [9.17, 15) is 19.8 Å². The average Bonchev–Trinajstić information content (AvgIpc) is 2.81. The molecule has 172 valence electrons. The van der Waals surface area contributed by atoms with Crippen LogP contribution < -0.4 is 22.1 Å². The molecule has 2 amide bonds. The number of hydrogen-bond acceptors (Lipinski definition) is 6. The average molecular weight is 457 g/mol. The van der Waals surface area contributed by atoms with E-state index in [4.69, 9.17) is 11.5 Å². The van der Waals surface area contributed by atoms with Crippen LogP contribution in [-0.4, -0.2) is 27.8 Å². The molecule has 0 unspecified atom stereocenters. The van der Waals surface area contributed by atoms with Crippen LogP contribution in [0.1, 0.15) is 32.7 Å². The number of carbonyl (C=O) groups is 2. The van der Waals surface area contributed by atoms with Crippen LogP contribution in [0.3, 0.4) is 0 Å². The normalized spacial score (nSPS) is 14.5. The first-order valence-electron chi connectivity index (χ1n) is 10.5. The smallest absolute Gasteiger partial charge is 0.255 e. The van der Waals surface area contributed by atoms with Gasteiger partial charge in [-0.15, -0.1) is 0 Å². The SMILES string of the molecule is Nc1ccc(C(=O)NC2=CC=C(c3ccc(NC(=O)c4ccc(N)cc4)cc3)CC2(O)O)cc1. The number of rotatable bonds is 5. The van der Waals surface area contributed by atoms with Crippen molar-refractivity contribution in [2.24, 2.45) is 0 Å². The van der Waals surface area contributed by atoms with Crippen molar-refractivity contribution < 1.29 is 19.8 Å². The Balaban J connectivity index is 1.45. The summed E-state index contributed by atoms with van der Waals surface area (Å²) in [4.78, 5) is 24.8. The topological polar surface area (TPSA) is 151 Å². The Hall–Kier alpha value is -4.40. The van der Waals surface area contributed by atoms with E-state index < -0.39 is 11.7 Å². The summed E-state index contributed by atoms with van der Waals surface area (Å²) < 4.78 is 0. The van der Waals surface area contributed by atoms with E-state index in [0.29, 0.717) is 33.8 Å². The number of benzene rings is 3. The van der Waals surface area contributed by atoms with Gasteiger partial charge < -0.3 is 32.3 Å². The second kappa shape index (κ2) is 9.22. The Morgan fingerprint density at radius 1 is 0.706 bits per heavy atom. The molecule has 0 radical (unpaired) electrons. The maximum atomic E-state index is 12.4. The number of anilines is 3. The Morgan fingerprint density at radius 2 is 1.21 bits per heavy atom. The summed E-state index contributed by atoms with van der Waals surface area (Å²) >= 11 is 0. The molecule has 0 atom stereocenters. The molecule has 4 rings (SSSR count). The van der Waals surface area contributed by atoms with Crippen LogP contribution in [0, 0.1) is 0 Å². The van der Waals surface area contributed by atoms with Gasteiger partial charge in [0.1, 0.15) is 0 Å². The lowest BCUT2D eigenvalue weighted by molar-refractivity contribution is -0.127. The second-order valence-electron chi connectivity index (χ2n) is 8.00. The van der Waals surface area contributed by atoms with Gasteiger partial charge in [-0.05, 0) is 77.9 Å². The molecule has 34 heavy (non-hydrogen) atoms. The van der Waals surface area contributed by atoms with Crippen LogP contribution in [0.5, 0.6) is 0 Å². The number of allylic oxidation sites excluding steroid dienone is 2. The highest BCUT2D eigenvalue weighted by atomic mass is 16.5. The second-order valence-corrected chi connectivity index (χ2v) is 8.00. The summed E-state index contributed by atoms with van der Waals surface area (Å²) in [5.41, 5.74) is 15.2. The van der Waals surface area contributed by atoms with E-state index in [0.717, 1.165) is 5.56 Å². The molecular formula is C26H24N4O4. The first-order chi connectivity index (χ1) is 16.2. The summed E-state index contributed by atoms with van der Waals surface area (Å²) in [6.07, 6.45) is 3.05. The number of nitrogens with two attached hydrogens (primary N) is 2. The zero-order chi connectivity index (χ0) is 24.3. The van der Waals surface area contributed by atoms with Gasteiger partial charge in [-0.1, -0.05) is 18.2 Å². The van der Waals surface area contributed by atoms with Gasteiger partial charge in [-0.2, -0.15) is 0 Å². The number of nitrogens with one attached hydrogen (secondary N) is 2. The standard InChI is InChI=1S/C26H24N4O4/c27-20-8-1-17(2-9-20)24(31)29-22-12-5-16(6-13-22)19-7-14-23(26(33,34)15-19)30-25(32)18-3-10-21(28)11-4-18/h1-14,33-34H,15,27-28H2,(H,29,31)(H,30,32). The molecule has 1 aliphatic rings. The summed E-state index contributed by atoms with van der Waals surface area (Å²) in [6, 6.07) is 19.9. The van der Waals surface area contributed by atoms with E-state index in [1.54, 1.807) is 78.9 Å². The molecule has 8 heteroatoms. The molecule has 0 spiro atoms. The minimum atomic E-state index is -2.25. The van der Waals surface area contributed by atoms with E-state index in [1.165, 1.54) is 6.08 Å². The fourth-order valence-electron chi connectivity index (χ4n) is 3.51. The van der Waals surface area contributed by atoms with Crippen molar-refractivity contribution in [3.05, 3.63) is 107 Å². The predicted molar refractivity (Wildman–Crippen MR) is 131 cm³/mol. The summed E-state index contributed by atoms with van der Waals surface area (Å²) in [5, 5.41) is 26.5. The van der Waals surface area contributed by atoms with Crippen molar-refractivity contribution in [3.63, 3.8) is 0 Å². The number of nitrogen functional groups attached to an aromatic ring is 2. The van der Waals surface area contributed by atoms with Crippen molar-refractivity contribution in [2.45, 2.75) is 12.2 Å². The molecule has 3 aromatic rings. The lowest BCUT2D eigenvalue weighted by Crippen LogP contribution is -2.41. The minimum absolute atomic E-state index is 0.0227. The van der Waals surface area contributed by atoms with Crippen LogP contribution in [0.15, 0.2) is 90.6 Å². The van der Waals surface area contributed by atoms with Crippen LogP contribution in [0.2, 0.25) is 0 Å². The lowest BCUT2D eigenvalue weighted by Gasteiger charge is -2.29. The van der Waals surface area contributed by atoms with Gasteiger partial charge in [0.15, 0.2) is 0 Å². The third kappa shape index (κ3) is 5.15. The number of amides is 2. The Kier molecular flexibility index (Phi) is 6.18. The van der Waals surface area contributed by atoms with Gasteiger partial charge in [0.05, 0.1) is 5.70 Å². The third-order valence-electron chi connectivity index (χ3n) is 5.43. The van der Waals surface area contributed by atoms with E-state index in [-0.39, 0.29) is 18.0 Å². The van der Waals surface area contributed by atoms with Gasteiger partial charge >= 0.3 is 0 Å². The minimum Gasteiger partial charge on any atom is -0.399 e. The summed E-state index contributed by atoms with van der Waals surface area (Å²) in [6.45, 7) is 0. The monoisotopic (exact) mass is 456 g/mol. The maximum Gasteiger partial charge on any atom is 0.255 e. The predicted octanol–water partition coefficient (Wildman–Crippen LogP) is 2.89. The van der Waals surface area contributed by atoms with Gasteiger partial charge in [-0.25, -0.2) is 0 Å². The molecular weight excluding hydrogens is 432 g/mol. The molecule has 8 nitrogen and oxygen atoms in total. The van der Waals surface area contributed by atoms with Crippen LogP contribution in [0.4, 0.5) is 17.1 Å². The maximum absolute atomic E-state index is 12.4. The molecule has 1 aliphatic carbocycles. The van der Waals surface area contributed by atoms with Crippen LogP contribution >= 0.6 is 0 Å².